The van der Waals surface area contributed by atoms with Crippen molar-refractivity contribution in [2.45, 2.75) is 213 Å². The number of rotatable bonds is 18. The topological polar surface area (TPSA) is 24.1 Å². The number of unbranched alkanes of at least 4 members (excludes halogenated alkanes) is 6. The van der Waals surface area contributed by atoms with Crippen LogP contribution in [-0.2, 0) is 32.1 Å². The van der Waals surface area contributed by atoms with Crippen LogP contribution in [0.2, 0.25) is 0 Å². The van der Waals surface area contributed by atoms with Gasteiger partial charge >= 0.3 is 0 Å². The van der Waals surface area contributed by atoms with Crippen molar-refractivity contribution >= 4 is 0 Å². The van der Waals surface area contributed by atoms with Gasteiger partial charge in [0.2, 0.25) is 0 Å². The number of hydrogen-bond donors (Lipinski definition) is 2. The molecule has 2 aromatic rings. The highest BCUT2D eigenvalue weighted by atomic mass is 15.1. The minimum atomic E-state index is 0.241. The summed E-state index contributed by atoms with van der Waals surface area (Å²) in [6.07, 6.45) is 24.7. The summed E-state index contributed by atoms with van der Waals surface area (Å²) in [5, 5.41) is 7.74. The average molecular weight is 671 g/mol. The molecule has 0 saturated carbocycles. The Morgan fingerprint density at radius 2 is 0.755 bits per heavy atom. The van der Waals surface area contributed by atoms with Crippen LogP contribution in [0.1, 0.15) is 186 Å². The van der Waals surface area contributed by atoms with E-state index in [-0.39, 0.29) is 22.2 Å². The third-order valence-electron chi connectivity index (χ3n) is 11.5. The fraction of sp³-hybridized carbons (Fsp3) is 0.745. The van der Waals surface area contributed by atoms with E-state index in [0.29, 0.717) is 0 Å². The van der Waals surface area contributed by atoms with Crippen LogP contribution in [0.15, 0.2) is 36.4 Å². The zero-order valence-corrected chi connectivity index (χ0v) is 34.1. The molecule has 2 heteroatoms. The SMILES string of the molecule is CCCCCc1cc(CCCCCCCc2cc(C)cc(CCC3CC(C)(C)NC(C)(C)C3)c2)cc(CCC2CC(C)(C)NC(C)(C)C2)c1. The molecular formula is C47H78N2. The van der Waals surface area contributed by atoms with E-state index in [0.717, 1.165) is 11.8 Å². The Morgan fingerprint density at radius 1 is 0.449 bits per heavy atom. The smallest absolute Gasteiger partial charge is 0.0132 e. The zero-order chi connectivity index (χ0) is 35.7. The molecule has 0 spiro atoms. The van der Waals surface area contributed by atoms with Crippen molar-refractivity contribution in [2.24, 2.45) is 11.8 Å². The van der Waals surface area contributed by atoms with Gasteiger partial charge in [-0.2, -0.15) is 0 Å². The molecule has 2 N–H and O–H groups in total. The summed E-state index contributed by atoms with van der Waals surface area (Å²) in [6, 6.07) is 15.1. The van der Waals surface area contributed by atoms with Gasteiger partial charge in [-0.1, -0.05) is 81.0 Å². The van der Waals surface area contributed by atoms with E-state index in [2.05, 4.69) is 116 Å². The molecule has 2 saturated heterocycles. The minimum absolute atomic E-state index is 0.241. The lowest BCUT2D eigenvalue weighted by Gasteiger charge is -2.46. The standard InChI is InChI=1S/C47H78N2/c1-11-12-16-19-38-29-39(31-41(30-38)23-25-43-34-46(7,8)49-47(9,10)35-43)21-18-15-13-14-17-20-37-26-36(2)27-40(28-37)22-24-42-32-44(3,4)48-45(5,6)33-42/h26-31,42-43,48-49H,11-25,32-35H2,1-10H3. The van der Waals surface area contributed by atoms with Crippen molar-refractivity contribution in [3.8, 4) is 0 Å². The lowest BCUT2D eigenvalue weighted by atomic mass is 9.74. The zero-order valence-electron chi connectivity index (χ0n) is 34.1. The van der Waals surface area contributed by atoms with E-state index in [1.807, 2.05) is 0 Å². The van der Waals surface area contributed by atoms with Gasteiger partial charge in [0.05, 0.1) is 0 Å². The van der Waals surface area contributed by atoms with E-state index >= 15 is 0 Å². The molecule has 2 heterocycles. The number of hydrogen-bond acceptors (Lipinski definition) is 2. The monoisotopic (exact) mass is 671 g/mol. The molecule has 2 nitrogen and oxygen atoms in total. The molecule has 0 unspecified atom stereocenters. The Hall–Kier alpha value is -1.64. The number of benzene rings is 2. The largest absolute Gasteiger partial charge is 0.307 e. The van der Waals surface area contributed by atoms with Gasteiger partial charge in [0, 0.05) is 22.2 Å². The first-order valence-corrected chi connectivity index (χ1v) is 20.8. The van der Waals surface area contributed by atoms with Gasteiger partial charge in [0.25, 0.3) is 0 Å². The van der Waals surface area contributed by atoms with Crippen molar-refractivity contribution < 1.29 is 0 Å². The Balaban J connectivity index is 1.21. The first-order chi connectivity index (χ1) is 23.0. The summed E-state index contributed by atoms with van der Waals surface area (Å²) < 4.78 is 0. The van der Waals surface area contributed by atoms with Crippen molar-refractivity contribution in [3.63, 3.8) is 0 Å². The van der Waals surface area contributed by atoms with Crippen LogP contribution in [0, 0.1) is 18.8 Å². The second-order valence-electron chi connectivity index (χ2n) is 19.6. The second-order valence-corrected chi connectivity index (χ2v) is 19.6. The molecule has 276 valence electrons. The highest BCUT2D eigenvalue weighted by Crippen LogP contribution is 2.37. The van der Waals surface area contributed by atoms with Crippen molar-refractivity contribution in [2.75, 3.05) is 0 Å². The molecule has 4 rings (SSSR count). The van der Waals surface area contributed by atoms with Crippen LogP contribution < -0.4 is 10.6 Å². The summed E-state index contributed by atoms with van der Waals surface area (Å²) in [5.74, 6) is 1.62. The van der Waals surface area contributed by atoms with Crippen LogP contribution in [0.25, 0.3) is 0 Å². The Labute approximate surface area is 304 Å². The van der Waals surface area contributed by atoms with E-state index in [1.54, 1.807) is 27.8 Å². The summed E-state index contributed by atoms with van der Waals surface area (Å²) in [5.41, 5.74) is 10.3. The van der Waals surface area contributed by atoms with Gasteiger partial charge < -0.3 is 10.6 Å². The molecule has 0 aromatic heterocycles. The second kappa shape index (κ2) is 17.7. The molecule has 0 amide bonds. The lowest BCUT2D eigenvalue weighted by Crippen LogP contribution is -2.57. The number of aryl methyl sites for hydroxylation is 6. The van der Waals surface area contributed by atoms with E-state index in [4.69, 9.17) is 0 Å². The van der Waals surface area contributed by atoms with Gasteiger partial charge in [-0.3, -0.25) is 0 Å². The van der Waals surface area contributed by atoms with E-state index in [1.165, 1.54) is 128 Å². The quantitative estimate of drug-likeness (QED) is 0.154. The first-order valence-electron chi connectivity index (χ1n) is 20.8. The first kappa shape index (κ1) is 40.1. The van der Waals surface area contributed by atoms with Crippen molar-refractivity contribution in [1.82, 2.24) is 10.6 Å². The highest BCUT2D eigenvalue weighted by molar-refractivity contribution is 5.31. The minimum Gasteiger partial charge on any atom is -0.307 e. The molecule has 2 aliphatic heterocycles. The van der Waals surface area contributed by atoms with Gasteiger partial charge in [-0.05, 0) is 192 Å². The van der Waals surface area contributed by atoms with Crippen LogP contribution in [0.3, 0.4) is 0 Å². The average Bonchev–Trinajstić information content (AvgIpc) is 2.95. The molecule has 2 aliphatic rings. The molecule has 2 fully saturated rings. The van der Waals surface area contributed by atoms with E-state index in [9.17, 15) is 0 Å². The fourth-order valence-electron chi connectivity index (χ4n) is 10.5. The summed E-state index contributed by atoms with van der Waals surface area (Å²) in [6.45, 7) is 23.7. The normalized spacial score (nSPS) is 20.4. The van der Waals surface area contributed by atoms with Crippen molar-refractivity contribution in [3.05, 3.63) is 69.8 Å². The molecule has 0 atom stereocenters. The van der Waals surface area contributed by atoms with E-state index < -0.39 is 0 Å². The predicted octanol–water partition coefficient (Wildman–Crippen LogP) is 12.4. The van der Waals surface area contributed by atoms with Gasteiger partial charge in [0.15, 0.2) is 0 Å². The molecule has 2 aromatic carbocycles. The molecule has 0 bridgehead atoms. The van der Waals surface area contributed by atoms with Gasteiger partial charge in [-0.15, -0.1) is 0 Å². The molecule has 0 radical (unpaired) electrons. The highest BCUT2D eigenvalue weighted by Gasteiger charge is 2.38. The van der Waals surface area contributed by atoms with Crippen molar-refractivity contribution in [1.29, 1.82) is 0 Å². The third kappa shape index (κ3) is 14.5. The molecule has 0 aliphatic carbocycles. The predicted molar refractivity (Wildman–Crippen MR) is 216 cm³/mol. The fourth-order valence-corrected chi connectivity index (χ4v) is 10.5. The van der Waals surface area contributed by atoms with Crippen LogP contribution in [-0.4, -0.2) is 22.2 Å². The lowest BCUT2D eigenvalue weighted by molar-refractivity contribution is 0.123. The Morgan fingerprint density at radius 3 is 1.14 bits per heavy atom. The summed E-state index contributed by atoms with van der Waals surface area (Å²) in [4.78, 5) is 0. The maximum absolute atomic E-state index is 3.88. The summed E-state index contributed by atoms with van der Waals surface area (Å²) in [7, 11) is 0. The maximum Gasteiger partial charge on any atom is 0.0132 e. The van der Waals surface area contributed by atoms with Gasteiger partial charge in [-0.25, -0.2) is 0 Å². The molecule has 49 heavy (non-hydrogen) atoms. The van der Waals surface area contributed by atoms with Gasteiger partial charge in [0.1, 0.15) is 0 Å². The van der Waals surface area contributed by atoms with Crippen LogP contribution in [0.4, 0.5) is 0 Å². The van der Waals surface area contributed by atoms with Crippen LogP contribution >= 0.6 is 0 Å². The van der Waals surface area contributed by atoms with Crippen LogP contribution in [0.5, 0.6) is 0 Å². The third-order valence-corrected chi connectivity index (χ3v) is 11.5. The number of nitrogens with one attached hydrogen (secondary N) is 2. The molecular weight excluding hydrogens is 593 g/mol. The Bertz CT molecular complexity index is 1270. The Kier molecular flexibility index (Phi) is 14.5. The summed E-state index contributed by atoms with van der Waals surface area (Å²) >= 11 is 0. The number of piperidine rings is 2. The maximum atomic E-state index is 3.88.